The number of unbranched alkanes of at least 4 members (excludes halogenated alkanes) is 10. The molecule has 0 aromatic rings. The maximum atomic E-state index is 12.4. The third-order valence-corrected chi connectivity index (χ3v) is 16.1. The summed E-state index contributed by atoms with van der Waals surface area (Å²) in [5, 5.41) is 7.25. The van der Waals surface area contributed by atoms with Gasteiger partial charge >= 0.3 is 23.9 Å². The third kappa shape index (κ3) is 22.1. The Labute approximate surface area is 428 Å². The summed E-state index contributed by atoms with van der Waals surface area (Å²) >= 11 is 0. The lowest BCUT2D eigenvalue weighted by Crippen LogP contribution is -2.60. The number of piperidine rings is 4. The van der Waals surface area contributed by atoms with Crippen LogP contribution in [0.1, 0.15) is 265 Å². The van der Waals surface area contributed by atoms with Gasteiger partial charge in [-0.05, 0) is 151 Å². The van der Waals surface area contributed by atoms with Gasteiger partial charge in [0.05, 0.1) is 0 Å². The van der Waals surface area contributed by atoms with E-state index < -0.39 is 0 Å². The fraction of sp³-hybridized carbons (Fsp3) is 0.931. The minimum Gasteiger partial charge on any atom is -0.462 e. The first-order valence-corrected chi connectivity index (χ1v) is 27.9. The Morgan fingerprint density at radius 1 is 0.329 bits per heavy atom. The van der Waals surface area contributed by atoms with Gasteiger partial charge < -0.3 is 29.6 Å². The van der Waals surface area contributed by atoms with Crippen molar-refractivity contribution < 1.29 is 38.1 Å². The van der Waals surface area contributed by atoms with Gasteiger partial charge in [0.2, 0.25) is 0 Å². The highest BCUT2D eigenvalue weighted by molar-refractivity contribution is 5.70. The Hall–Kier alpha value is -2.28. The maximum absolute atomic E-state index is 12.4. The van der Waals surface area contributed by atoms with Crippen molar-refractivity contribution in [2.45, 2.75) is 334 Å². The van der Waals surface area contributed by atoms with Crippen molar-refractivity contribution in [3.8, 4) is 0 Å². The molecule has 4 fully saturated rings. The van der Waals surface area contributed by atoms with Gasteiger partial charge in [0.1, 0.15) is 24.4 Å². The molecule has 0 radical (unpaired) electrons. The van der Waals surface area contributed by atoms with Gasteiger partial charge in [-0.15, -0.1) is 0 Å². The molecule has 0 aliphatic carbocycles. The maximum Gasteiger partial charge on any atom is 0.306 e. The molecule has 0 aromatic heterocycles. The van der Waals surface area contributed by atoms with Gasteiger partial charge in [0, 0.05) is 121 Å². The van der Waals surface area contributed by atoms with E-state index in [1.807, 2.05) is 0 Å². The SMILES string of the molecule is CC1(C)CC(OC(=O)CCCCCCCCC(=O)OC2CC(C)(C)NC(C)(C)C2)CC(C)(C)N1.CN1C(C)(C)CC(OC(=O)CCCCCCCCC(=O)OC2CC(C)(C)N(C)C(C)(C)C2)CC1(C)C. The highest BCUT2D eigenvalue weighted by Crippen LogP contribution is 2.40. The van der Waals surface area contributed by atoms with Crippen LogP contribution in [0.4, 0.5) is 0 Å². The Bertz CT molecular complexity index is 1480. The van der Waals surface area contributed by atoms with Gasteiger partial charge in [0.15, 0.2) is 0 Å². The molecule has 0 amide bonds. The second kappa shape index (κ2) is 25.8. The summed E-state index contributed by atoms with van der Waals surface area (Å²) in [7, 11) is 4.33. The van der Waals surface area contributed by atoms with Gasteiger partial charge in [-0.25, -0.2) is 0 Å². The number of hydrogen-bond donors (Lipinski definition) is 2. The highest BCUT2D eigenvalue weighted by Gasteiger charge is 2.46. The molecular formula is C58H108N4O8. The summed E-state index contributed by atoms with van der Waals surface area (Å²) in [6.07, 6.45) is 21.0. The van der Waals surface area contributed by atoms with Crippen LogP contribution in [-0.2, 0) is 38.1 Å². The highest BCUT2D eigenvalue weighted by atomic mass is 16.6. The van der Waals surface area contributed by atoms with Gasteiger partial charge in [-0.3, -0.25) is 29.0 Å². The van der Waals surface area contributed by atoms with Crippen molar-refractivity contribution in [2.24, 2.45) is 0 Å². The van der Waals surface area contributed by atoms with Crippen LogP contribution in [0.25, 0.3) is 0 Å². The molecule has 4 saturated heterocycles. The lowest BCUT2D eigenvalue weighted by atomic mass is 9.78. The quantitative estimate of drug-likeness (QED) is 0.0607. The number of likely N-dealkylation sites (tertiary alicyclic amines) is 2. The van der Waals surface area contributed by atoms with E-state index >= 15 is 0 Å². The van der Waals surface area contributed by atoms with Crippen molar-refractivity contribution >= 4 is 23.9 Å². The summed E-state index contributed by atoms with van der Waals surface area (Å²) in [6, 6.07) is 0. The zero-order valence-corrected chi connectivity index (χ0v) is 48.4. The molecule has 0 aromatic carbocycles. The largest absolute Gasteiger partial charge is 0.462 e. The summed E-state index contributed by atoms with van der Waals surface area (Å²) in [4.78, 5) is 54.2. The number of ether oxygens (including phenoxy) is 4. The number of nitrogens with zero attached hydrogens (tertiary/aromatic N) is 2. The van der Waals surface area contributed by atoms with Crippen molar-refractivity contribution in [1.29, 1.82) is 0 Å². The fourth-order valence-corrected chi connectivity index (χ4v) is 12.8. The molecule has 12 heteroatoms. The van der Waals surface area contributed by atoms with E-state index in [0.29, 0.717) is 25.7 Å². The average molecular weight is 990 g/mol. The van der Waals surface area contributed by atoms with E-state index in [0.717, 1.165) is 128 Å². The monoisotopic (exact) mass is 989 g/mol. The summed E-state index contributed by atoms with van der Waals surface area (Å²) in [5.41, 5.74) is 0.0529. The van der Waals surface area contributed by atoms with Crippen LogP contribution in [0.5, 0.6) is 0 Å². The van der Waals surface area contributed by atoms with E-state index in [2.05, 4.69) is 145 Å². The molecule has 4 aliphatic heterocycles. The van der Waals surface area contributed by atoms with Crippen LogP contribution in [0, 0.1) is 0 Å². The van der Waals surface area contributed by atoms with Crippen molar-refractivity contribution in [3.63, 3.8) is 0 Å². The van der Waals surface area contributed by atoms with E-state index in [1.54, 1.807) is 0 Å². The van der Waals surface area contributed by atoms with Crippen molar-refractivity contribution in [2.75, 3.05) is 14.1 Å². The topological polar surface area (TPSA) is 136 Å². The van der Waals surface area contributed by atoms with E-state index in [4.69, 9.17) is 18.9 Å². The van der Waals surface area contributed by atoms with Crippen LogP contribution in [-0.4, -0.2) is 116 Å². The Morgan fingerprint density at radius 3 is 0.700 bits per heavy atom. The number of carbonyl (C=O) groups is 4. The number of hydrogen-bond acceptors (Lipinski definition) is 12. The Kier molecular flexibility index (Phi) is 22.8. The second-order valence-electron chi connectivity index (χ2n) is 27.5. The van der Waals surface area contributed by atoms with E-state index in [9.17, 15) is 19.2 Å². The molecular weight excluding hydrogens is 881 g/mol. The molecule has 4 rings (SSSR count). The minimum atomic E-state index is -0.0643. The molecule has 0 atom stereocenters. The van der Waals surface area contributed by atoms with Gasteiger partial charge in [-0.2, -0.15) is 0 Å². The lowest BCUT2D eigenvalue weighted by molar-refractivity contribution is -0.160. The first-order chi connectivity index (χ1) is 32.0. The van der Waals surface area contributed by atoms with E-state index in [-0.39, 0.29) is 92.6 Å². The normalized spacial score (nSPS) is 24.1. The average Bonchev–Trinajstić information content (AvgIpc) is 3.15. The fourth-order valence-electron chi connectivity index (χ4n) is 12.8. The predicted molar refractivity (Wildman–Crippen MR) is 285 cm³/mol. The van der Waals surface area contributed by atoms with Crippen molar-refractivity contribution in [1.82, 2.24) is 20.4 Å². The molecule has 4 heterocycles. The Morgan fingerprint density at radius 2 is 0.500 bits per heavy atom. The molecule has 4 aliphatic rings. The molecule has 70 heavy (non-hydrogen) atoms. The standard InChI is InChI=1S/C30H56N2O4.C28H52N2O4/c1-27(2)19-23(20-28(3,4)31(27)9)35-25(33)17-15-13-11-12-14-16-18-26(34)36-24-21-29(5,6)32(10)30(7,8)22-24;1-25(2)17-21(18-26(3,4)29-25)33-23(31)15-13-11-9-10-12-14-16-24(32)34-22-19-27(5,6)30-28(7,8)20-22/h23-24H,11-22H2,1-10H3;21-22,29-30H,9-20H2,1-8H3. The number of nitrogens with one attached hydrogen (secondary N) is 2. The first-order valence-electron chi connectivity index (χ1n) is 27.9. The summed E-state index contributed by atoms with van der Waals surface area (Å²) in [6.45, 7) is 35.2. The number of carbonyl (C=O) groups excluding carboxylic acids is 4. The first kappa shape index (κ1) is 62.0. The molecule has 12 nitrogen and oxygen atoms in total. The molecule has 408 valence electrons. The van der Waals surface area contributed by atoms with Crippen molar-refractivity contribution in [3.05, 3.63) is 0 Å². The van der Waals surface area contributed by atoms with Gasteiger partial charge in [0.25, 0.3) is 0 Å². The zero-order valence-electron chi connectivity index (χ0n) is 48.4. The third-order valence-electron chi connectivity index (χ3n) is 16.1. The van der Waals surface area contributed by atoms with Gasteiger partial charge in [-0.1, -0.05) is 51.4 Å². The lowest BCUT2D eigenvalue weighted by Gasteiger charge is -2.53. The second-order valence-corrected chi connectivity index (χ2v) is 27.5. The minimum absolute atomic E-state index is 0.000484. The molecule has 0 spiro atoms. The number of rotatable bonds is 22. The predicted octanol–water partition coefficient (Wildman–Crippen LogP) is 12.3. The summed E-state index contributed by atoms with van der Waals surface area (Å²) < 4.78 is 23.3. The summed E-state index contributed by atoms with van der Waals surface area (Å²) in [5.74, 6) is -0.241. The van der Waals surface area contributed by atoms with Crippen LogP contribution < -0.4 is 10.6 Å². The molecule has 0 saturated carbocycles. The number of esters is 4. The Balaban J connectivity index is 0.000000371. The van der Waals surface area contributed by atoms with Crippen LogP contribution in [0.3, 0.4) is 0 Å². The zero-order chi connectivity index (χ0) is 53.0. The van der Waals surface area contributed by atoms with Crippen LogP contribution in [0.15, 0.2) is 0 Å². The van der Waals surface area contributed by atoms with Crippen LogP contribution >= 0.6 is 0 Å². The molecule has 2 N–H and O–H groups in total. The molecule has 0 unspecified atom stereocenters. The van der Waals surface area contributed by atoms with E-state index in [1.165, 1.54) is 0 Å². The molecule has 0 bridgehead atoms. The van der Waals surface area contributed by atoms with Crippen LogP contribution in [0.2, 0.25) is 0 Å². The smallest absolute Gasteiger partial charge is 0.306 e.